The van der Waals surface area contributed by atoms with Crippen LogP contribution in [0.1, 0.15) is 12.5 Å². The second-order valence-corrected chi connectivity index (χ2v) is 3.75. The molecule has 0 heterocycles. The van der Waals surface area contributed by atoms with E-state index in [-0.39, 0.29) is 6.04 Å². The predicted molar refractivity (Wildman–Crippen MR) is 60.8 cm³/mol. The third-order valence-electron chi connectivity index (χ3n) is 1.72. The van der Waals surface area contributed by atoms with Crippen molar-refractivity contribution < 1.29 is 0 Å². The predicted octanol–water partition coefficient (Wildman–Crippen LogP) is 2.75. The van der Waals surface area contributed by atoms with Crippen molar-refractivity contribution in [3.05, 3.63) is 28.2 Å². The summed E-state index contributed by atoms with van der Waals surface area (Å²) < 4.78 is 0.920. The number of nitrogens with zero attached hydrogens (tertiary/aromatic N) is 1. The van der Waals surface area contributed by atoms with Gasteiger partial charge in [-0.05, 0) is 25.1 Å². The van der Waals surface area contributed by atoms with E-state index in [1.165, 1.54) is 0 Å². The van der Waals surface area contributed by atoms with Crippen molar-refractivity contribution in [2.24, 2.45) is 0 Å². The van der Waals surface area contributed by atoms with E-state index in [9.17, 15) is 0 Å². The van der Waals surface area contributed by atoms with Crippen molar-refractivity contribution in [1.82, 2.24) is 0 Å². The third kappa shape index (κ3) is 2.52. The number of halogens is 1. The second-order valence-electron chi connectivity index (χ2n) is 2.83. The van der Waals surface area contributed by atoms with Gasteiger partial charge in [-0.3, -0.25) is 0 Å². The molecule has 1 atom stereocenters. The van der Waals surface area contributed by atoms with Gasteiger partial charge in [0.2, 0.25) is 0 Å². The first-order valence-electron chi connectivity index (χ1n) is 4.09. The standard InChI is InChI=1S/C11H9BrN2/c1-3-8(2)14-11-6-10(12)5-4-9(11)7-13/h1,4-6,8,14H,2H3. The van der Waals surface area contributed by atoms with Crippen LogP contribution in [0.5, 0.6) is 0 Å². The minimum Gasteiger partial charge on any atom is -0.371 e. The van der Waals surface area contributed by atoms with Gasteiger partial charge >= 0.3 is 0 Å². The zero-order chi connectivity index (χ0) is 10.6. The Labute approximate surface area is 92.1 Å². The van der Waals surface area contributed by atoms with E-state index < -0.39 is 0 Å². The Hall–Kier alpha value is -1.45. The monoisotopic (exact) mass is 248 g/mol. The molecule has 1 N–H and O–H groups in total. The van der Waals surface area contributed by atoms with Crippen LogP contribution >= 0.6 is 15.9 Å². The highest BCUT2D eigenvalue weighted by molar-refractivity contribution is 9.10. The summed E-state index contributed by atoms with van der Waals surface area (Å²) in [4.78, 5) is 0. The maximum Gasteiger partial charge on any atom is 0.101 e. The van der Waals surface area contributed by atoms with Crippen molar-refractivity contribution in [3.63, 3.8) is 0 Å². The van der Waals surface area contributed by atoms with Gasteiger partial charge in [-0.2, -0.15) is 5.26 Å². The highest BCUT2D eigenvalue weighted by Gasteiger charge is 2.04. The van der Waals surface area contributed by atoms with Crippen LogP contribution < -0.4 is 5.32 Å². The SMILES string of the molecule is C#CC(C)Nc1cc(Br)ccc1C#N. The Bertz CT molecular complexity index is 412. The normalized spacial score (nSPS) is 11.1. The summed E-state index contributed by atoms with van der Waals surface area (Å²) in [6, 6.07) is 7.42. The summed E-state index contributed by atoms with van der Waals surface area (Å²) in [7, 11) is 0. The molecule has 0 fully saturated rings. The number of benzene rings is 1. The number of hydrogen-bond donors (Lipinski definition) is 1. The van der Waals surface area contributed by atoms with Crippen LogP contribution in [0.4, 0.5) is 5.69 Å². The zero-order valence-electron chi connectivity index (χ0n) is 7.71. The van der Waals surface area contributed by atoms with E-state index in [1.807, 2.05) is 19.1 Å². The number of nitrogens with one attached hydrogen (secondary N) is 1. The largest absolute Gasteiger partial charge is 0.371 e. The molecular weight excluding hydrogens is 240 g/mol. The van der Waals surface area contributed by atoms with E-state index in [4.69, 9.17) is 11.7 Å². The molecule has 0 aliphatic rings. The van der Waals surface area contributed by atoms with E-state index >= 15 is 0 Å². The van der Waals surface area contributed by atoms with Crippen molar-refractivity contribution in [2.45, 2.75) is 13.0 Å². The average molecular weight is 249 g/mol. The Morgan fingerprint density at radius 3 is 2.86 bits per heavy atom. The maximum atomic E-state index is 8.84. The molecule has 1 unspecified atom stereocenters. The first-order chi connectivity index (χ1) is 6.67. The average Bonchev–Trinajstić information content (AvgIpc) is 2.18. The van der Waals surface area contributed by atoms with Gasteiger partial charge in [0.1, 0.15) is 6.07 Å². The van der Waals surface area contributed by atoms with Crippen LogP contribution in [0.15, 0.2) is 22.7 Å². The van der Waals surface area contributed by atoms with Gasteiger partial charge in [-0.15, -0.1) is 6.42 Å². The first-order valence-corrected chi connectivity index (χ1v) is 4.89. The lowest BCUT2D eigenvalue weighted by atomic mass is 10.2. The number of terminal acetylenes is 1. The highest BCUT2D eigenvalue weighted by atomic mass is 79.9. The van der Waals surface area contributed by atoms with Crippen molar-refractivity contribution >= 4 is 21.6 Å². The van der Waals surface area contributed by atoms with E-state index in [1.54, 1.807) is 6.07 Å². The lowest BCUT2D eigenvalue weighted by molar-refractivity contribution is 1.03. The summed E-state index contributed by atoms with van der Waals surface area (Å²) in [5.41, 5.74) is 1.35. The van der Waals surface area contributed by atoms with Crippen LogP contribution in [-0.4, -0.2) is 6.04 Å². The molecule has 0 amide bonds. The van der Waals surface area contributed by atoms with E-state index in [2.05, 4.69) is 33.2 Å². The second kappa shape index (κ2) is 4.69. The summed E-state index contributed by atoms with van der Waals surface area (Å²) in [6.07, 6.45) is 5.24. The van der Waals surface area contributed by atoms with Crippen LogP contribution in [0, 0.1) is 23.7 Å². The first kappa shape index (κ1) is 10.6. The van der Waals surface area contributed by atoms with Gasteiger partial charge in [0, 0.05) is 4.47 Å². The molecule has 14 heavy (non-hydrogen) atoms. The molecule has 0 saturated heterocycles. The van der Waals surface area contributed by atoms with E-state index in [0.29, 0.717) is 5.56 Å². The molecule has 70 valence electrons. The smallest absolute Gasteiger partial charge is 0.101 e. The molecule has 1 aromatic rings. The number of nitriles is 1. The molecule has 0 aliphatic heterocycles. The van der Waals surface area contributed by atoms with Crippen molar-refractivity contribution in [2.75, 3.05) is 5.32 Å². The molecule has 0 aromatic heterocycles. The van der Waals surface area contributed by atoms with Gasteiger partial charge in [0.05, 0.1) is 17.3 Å². The van der Waals surface area contributed by atoms with Gasteiger partial charge in [-0.25, -0.2) is 0 Å². The minimum atomic E-state index is -0.0867. The molecule has 0 saturated carbocycles. The number of rotatable bonds is 2. The Morgan fingerprint density at radius 2 is 2.29 bits per heavy atom. The van der Waals surface area contributed by atoms with Crippen LogP contribution in [-0.2, 0) is 0 Å². The molecule has 2 nitrogen and oxygen atoms in total. The Kier molecular flexibility index (Phi) is 3.56. The highest BCUT2D eigenvalue weighted by Crippen LogP contribution is 2.21. The molecule has 0 spiro atoms. The quantitative estimate of drug-likeness (QED) is 0.818. The Morgan fingerprint density at radius 1 is 1.57 bits per heavy atom. The number of hydrogen-bond acceptors (Lipinski definition) is 2. The van der Waals surface area contributed by atoms with Gasteiger partial charge in [0.25, 0.3) is 0 Å². The third-order valence-corrected chi connectivity index (χ3v) is 2.22. The minimum absolute atomic E-state index is 0.0867. The van der Waals surface area contributed by atoms with Gasteiger partial charge < -0.3 is 5.32 Å². The molecule has 1 rings (SSSR count). The molecule has 1 aromatic carbocycles. The van der Waals surface area contributed by atoms with Crippen molar-refractivity contribution in [1.29, 1.82) is 5.26 Å². The van der Waals surface area contributed by atoms with Gasteiger partial charge in [0.15, 0.2) is 0 Å². The summed E-state index contributed by atoms with van der Waals surface area (Å²) >= 11 is 3.34. The summed E-state index contributed by atoms with van der Waals surface area (Å²) in [6.45, 7) is 1.86. The molecular formula is C11H9BrN2. The van der Waals surface area contributed by atoms with E-state index in [0.717, 1.165) is 10.2 Å². The summed E-state index contributed by atoms with van der Waals surface area (Å²) in [5.74, 6) is 2.55. The van der Waals surface area contributed by atoms with Crippen LogP contribution in [0.2, 0.25) is 0 Å². The maximum absolute atomic E-state index is 8.84. The fraction of sp³-hybridized carbons (Fsp3) is 0.182. The lowest BCUT2D eigenvalue weighted by Gasteiger charge is -2.10. The zero-order valence-corrected chi connectivity index (χ0v) is 9.30. The topological polar surface area (TPSA) is 35.8 Å². The lowest BCUT2D eigenvalue weighted by Crippen LogP contribution is -2.12. The number of anilines is 1. The fourth-order valence-corrected chi connectivity index (χ4v) is 1.37. The van der Waals surface area contributed by atoms with Crippen LogP contribution in [0.3, 0.4) is 0 Å². The summed E-state index contributed by atoms with van der Waals surface area (Å²) in [5, 5.41) is 11.9. The van der Waals surface area contributed by atoms with Crippen LogP contribution in [0.25, 0.3) is 0 Å². The van der Waals surface area contributed by atoms with Crippen molar-refractivity contribution in [3.8, 4) is 18.4 Å². The molecule has 0 bridgehead atoms. The fourth-order valence-electron chi connectivity index (χ4n) is 1.01. The molecule has 3 heteroatoms. The Balaban J connectivity index is 3.02. The molecule has 0 aliphatic carbocycles. The molecule has 0 radical (unpaired) electrons. The van der Waals surface area contributed by atoms with Gasteiger partial charge in [-0.1, -0.05) is 21.9 Å².